The Bertz CT molecular complexity index is 228. The molecule has 0 atom stereocenters. The molecule has 0 unspecified atom stereocenters. The molecule has 23 heavy (non-hydrogen) atoms. The summed E-state index contributed by atoms with van der Waals surface area (Å²) in [6, 6.07) is 0. The van der Waals surface area contributed by atoms with Crippen molar-refractivity contribution in [2.75, 3.05) is 13.2 Å². The van der Waals surface area contributed by atoms with Gasteiger partial charge in [0, 0.05) is 46.8 Å². The van der Waals surface area contributed by atoms with Crippen LogP contribution in [0.5, 0.6) is 0 Å². The monoisotopic (exact) mass is 344 g/mol. The molecule has 0 bridgehead atoms. The fourth-order valence-corrected chi connectivity index (χ4v) is 0.316. The van der Waals surface area contributed by atoms with E-state index in [1.165, 1.54) is 0 Å². The lowest BCUT2D eigenvalue weighted by Gasteiger charge is -2.03. The third-order valence-electron chi connectivity index (χ3n) is 1.09. The van der Waals surface area contributed by atoms with Gasteiger partial charge in [0.1, 0.15) is 0 Å². The molecular weight excluding hydrogens is 316 g/mol. The number of carbonyl (C=O) groups is 4. The number of carboxylic acid groups (broad SMARTS) is 4. The quantitative estimate of drug-likeness (QED) is 0.416. The van der Waals surface area contributed by atoms with Crippen LogP contribution in [0.25, 0.3) is 0 Å². The Kier molecular flexibility index (Phi) is 39.8. The molecule has 0 rings (SSSR count). The molecule has 0 saturated heterocycles. The van der Waals surface area contributed by atoms with E-state index in [1.807, 2.05) is 6.92 Å². The van der Waals surface area contributed by atoms with Crippen molar-refractivity contribution in [3.63, 3.8) is 0 Å². The SMILES string of the molecule is CC(=O)O.CC(=O)O.CC(=O)O.CC(=O)O.CCC(CO)CO. The fourth-order valence-electron chi connectivity index (χ4n) is 0.316. The molecule has 0 aliphatic carbocycles. The van der Waals surface area contributed by atoms with Crippen LogP contribution in [0.3, 0.4) is 0 Å². The fraction of sp³-hybridized carbons (Fsp3) is 0.692. The molecule has 0 aromatic rings. The van der Waals surface area contributed by atoms with Crippen LogP contribution in [0, 0.1) is 5.92 Å². The first-order valence-corrected chi connectivity index (χ1v) is 6.28. The summed E-state index contributed by atoms with van der Waals surface area (Å²) in [7, 11) is 0. The standard InChI is InChI=1S/C5H12O2.4C2H4O2/c1-2-5(3-6)4-7;4*1-2(3)4/h5-7H,2-4H2,1H3;4*1H3,(H,3,4). The van der Waals surface area contributed by atoms with Gasteiger partial charge in [-0.3, -0.25) is 19.2 Å². The Morgan fingerprint density at radius 3 is 0.783 bits per heavy atom. The topological polar surface area (TPSA) is 190 Å². The Morgan fingerprint density at radius 1 is 0.652 bits per heavy atom. The van der Waals surface area contributed by atoms with Gasteiger partial charge < -0.3 is 30.6 Å². The molecule has 0 amide bonds. The minimum absolute atomic E-state index is 0.0972. The van der Waals surface area contributed by atoms with Gasteiger partial charge in [0.25, 0.3) is 23.9 Å². The Labute approximate surface area is 135 Å². The van der Waals surface area contributed by atoms with Gasteiger partial charge in [0.2, 0.25) is 0 Å². The smallest absolute Gasteiger partial charge is 0.300 e. The van der Waals surface area contributed by atoms with E-state index in [0.29, 0.717) is 0 Å². The molecule has 0 radical (unpaired) electrons. The van der Waals surface area contributed by atoms with Crippen molar-refractivity contribution in [1.29, 1.82) is 0 Å². The van der Waals surface area contributed by atoms with Gasteiger partial charge in [-0.15, -0.1) is 0 Å². The van der Waals surface area contributed by atoms with E-state index in [2.05, 4.69) is 0 Å². The van der Waals surface area contributed by atoms with Crippen LogP contribution in [0.15, 0.2) is 0 Å². The van der Waals surface area contributed by atoms with E-state index >= 15 is 0 Å². The van der Waals surface area contributed by atoms with Crippen molar-refractivity contribution >= 4 is 23.9 Å². The Hall–Kier alpha value is -2.20. The third-order valence-corrected chi connectivity index (χ3v) is 1.09. The summed E-state index contributed by atoms with van der Waals surface area (Å²) >= 11 is 0. The molecule has 0 fully saturated rings. The maximum absolute atomic E-state index is 9.00. The maximum atomic E-state index is 9.00. The van der Waals surface area contributed by atoms with Gasteiger partial charge >= 0.3 is 0 Å². The van der Waals surface area contributed by atoms with Gasteiger partial charge in [-0.2, -0.15) is 0 Å². The average Bonchev–Trinajstić information content (AvgIpc) is 2.28. The molecule has 0 heterocycles. The summed E-state index contributed by atoms with van der Waals surface area (Å²) in [5.41, 5.74) is 0. The first-order valence-electron chi connectivity index (χ1n) is 6.28. The van der Waals surface area contributed by atoms with Gasteiger partial charge in [0.15, 0.2) is 0 Å². The number of aliphatic hydroxyl groups is 2. The minimum Gasteiger partial charge on any atom is -0.481 e. The maximum Gasteiger partial charge on any atom is 0.300 e. The zero-order valence-electron chi connectivity index (χ0n) is 14.0. The van der Waals surface area contributed by atoms with Gasteiger partial charge in [0.05, 0.1) is 0 Å². The molecule has 0 aliphatic heterocycles. The van der Waals surface area contributed by atoms with E-state index in [9.17, 15) is 0 Å². The highest BCUT2D eigenvalue weighted by molar-refractivity contribution is 5.63. The summed E-state index contributed by atoms with van der Waals surface area (Å²) in [5.74, 6) is -3.24. The zero-order chi connectivity index (χ0) is 20.0. The summed E-state index contributed by atoms with van der Waals surface area (Å²) in [6.07, 6.45) is 0.854. The van der Waals surface area contributed by atoms with E-state index in [1.54, 1.807) is 0 Å². The highest BCUT2D eigenvalue weighted by Gasteiger charge is 1.98. The lowest BCUT2D eigenvalue weighted by molar-refractivity contribution is -0.135. The van der Waals surface area contributed by atoms with Crippen LogP contribution in [0.4, 0.5) is 0 Å². The van der Waals surface area contributed by atoms with Gasteiger partial charge in [-0.25, -0.2) is 0 Å². The number of carboxylic acids is 4. The lowest BCUT2D eigenvalue weighted by atomic mass is 10.1. The van der Waals surface area contributed by atoms with Crippen molar-refractivity contribution in [1.82, 2.24) is 0 Å². The molecule has 140 valence electrons. The van der Waals surface area contributed by atoms with Crippen molar-refractivity contribution in [3.05, 3.63) is 0 Å². The second kappa shape index (κ2) is 28.0. The Balaban J connectivity index is -0.0000000604. The average molecular weight is 344 g/mol. The predicted octanol–water partition coefficient (Wildman–Crippen LogP) is 0.361. The van der Waals surface area contributed by atoms with Crippen molar-refractivity contribution < 1.29 is 49.8 Å². The van der Waals surface area contributed by atoms with Crippen LogP contribution in [0.1, 0.15) is 41.0 Å². The van der Waals surface area contributed by atoms with Crippen molar-refractivity contribution in [2.24, 2.45) is 5.92 Å². The van der Waals surface area contributed by atoms with Crippen LogP contribution < -0.4 is 0 Å². The lowest BCUT2D eigenvalue weighted by Crippen LogP contribution is -2.08. The molecule has 0 aliphatic rings. The summed E-state index contributed by atoms with van der Waals surface area (Å²) < 4.78 is 0. The van der Waals surface area contributed by atoms with Crippen LogP contribution in [-0.4, -0.2) is 67.7 Å². The second-order valence-corrected chi connectivity index (χ2v) is 3.72. The third kappa shape index (κ3) is 434. The van der Waals surface area contributed by atoms with E-state index in [0.717, 1.165) is 34.1 Å². The number of hydrogen-bond donors (Lipinski definition) is 6. The summed E-state index contributed by atoms with van der Waals surface area (Å²) in [5, 5.41) is 46.4. The van der Waals surface area contributed by atoms with Crippen LogP contribution >= 0.6 is 0 Å². The van der Waals surface area contributed by atoms with E-state index < -0.39 is 23.9 Å². The Morgan fingerprint density at radius 2 is 0.783 bits per heavy atom. The number of aliphatic hydroxyl groups excluding tert-OH is 2. The van der Waals surface area contributed by atoms with Crippen LogP contribution in [-0.2, 0) is 19.2 Å². The summed E-state index contributed by atoms with van der Waals surface area (Å²) in [6.45, 7) is 6.48. The molecule has 10 nitrogen and oxygen atoms in total. The van der Waals surface area contributed by atoms with Crippen molar-refractivity contribution in [3.8, 4) is 0 Å². The zero-order valence-corrected chi connectivity index (χ0v) is 14.0. The van der Waals surface area contributed by atoms with Crippen LogP contribution in [0.2, 0.25) is 0 Å². The van der Waals surface area contributed by atoms with Gasteiger partial charge in [-0.05, 0) is 6.42 Å². The largest absolute Gasteiger partial charge is 0.481 e. The highest BCUT2D eigenvalue weighted by Crippen LogP contribution is 1.96. The molecule has 0 spiro atoms. The molecule has 0 aromatic heterocycles. The summed E-state index contributed by atoms with van der Waals surface area (Å²) in [4.78, 5) is 36.0. The number of rotatable bonds is 3. The first kappa shape index (κ1) is 32.7. The minimum atomic E-state index is -0.833. The first-order chi connectivity index (χ1) is 10.3. The van der Waals surface area contributed by atoms with Crippen molar-refractivity contribution in [2.45, 2.75) is 41.0 Å². The van der Waals surface area contributed by atoms with Gasteiger partial charge in [-0.1, -0.05) is 6.92 Å². The highest BCUT2D eigenvalue weighted by atomic mass is 16.4. The normalized spacial score (nSPS) is 7.48. The molecule has 0 aromatic carbocycles. The van der Waals surface area contributed by atoms with E-state index in [-0.39, 0.29) is 19.1 Å². The number of hydrogen-bond acceptors (Lipinski definition) is 6. The van der Waals surface area contributed by atoms with E-state index in [4.69, 9.17) is 49.8 Å². The predicted molar refractivity (Wildman–Crippen MR) is 81.2 cm³/mol. The molecular formula is C13H28O10. The molecule has 10 heteroatoms. The second-order valence-electron chi connectivity index (χ2n) is 3.72. The molecule has 0 saturated carbocycles. The molecule has 6 N–H and O–H groups in total. The number of aliphatic carboxylic acids is 4.